The minimum atomic E-state index is 0.632. The Kier molecular flexibility index (Phi) is 4.05. The molecular weight excluding hydrogens is 234 g/mol. The van der Waals surface area contributed by atoms with Crippen LogP contribution in [0.3, 0.4) is 0 Å². The van der Waals surface area contributed by atoms with Crippen molar-refractivity contribution in [1.29, 1.82) is 0 Å². The highest BCUT2D eigenvalue weighted by Gasteiger charge is 2.08. The molecule has 0 aliphatic heterocycles. The normalized spacial score (nSPS) is 11.2. The summed E-state index contributed by atoms with van der Waals surface area (Å²) in [5.41, 5.74) is 13.7. The number of aryl methyl sites for hydroxylation is 1. The summed E-state index contributed by atoms with van der Waals surface area (Å²) >= 11 is 6.04. The van der Waals surface area contributed by atoms with Gasteiger partial charge >= 0.3 is 0 Å². The number of halogens is 1. The van der Waals surface area contributed by atoms with Crippen LogP contribution < -0.4 is 11.5 Å². The number of nitrogens with two attached hydrogens (primary N) is 2. The molecular formula is C13H18ClN3. The fraction of sp³-hybridized carbons (Fsp3) is 0.385. The average Bonchev–Trinajstić information content (AvgIpc) is 2.65. The third-order valence-electron chi connectivity index (χ3n) is 2.95. The van der Waals surface area contributed by atoms with Crippen LogP contribution in [0.1, 0.15) is 12.0 Å². The van der Waals surface area contributed by atoms with Gasteiger partial charge in [-0.05, 0) is 37.1 Å². The number of hydrogen-bond donors (Lipinski definition) is 2. The maximum Gasteiger partial charge on any atom is 0.0498 e. The molecule has 0 atom stereocenters. The molecule has 1 heterocycles. The standard InChI is InChI=1S/C13H18ClN3/c14-11-3-4-12-10(2-1-5-15)9-17(7-6-16)13(12)8-11/h3-4,8-9H,1-2,5-7,15-16H2. The number of aromatic nitrogens is 1. The van der Waals surface area contributed by atoms with E-state index in [0.717, 1.165) is 36.5 Å². The quantitative estimate of drug-likeness (QED) is 0.856. The molecule has 0 fully saturated rings. The largest absolute Gasteiger partial charge is 0.346 e. The lowest BCUT2D eigenvalue weighted by atomic mass is 10.1. The highest BCUT2D eigenvalue weighted by atomic mass is 35.5. The fourth-order valence-corrected chi connectivity index (χ4v) is 2.32. The number of fused-ring (bicyclic) bond motifs is 1. The van der Waals surface area contributed by atoms with Gasteiger partial charge in [-0.15, -0.1) is 0 Å². The summed E-state index contributed by atoms with van der Waals surface area (Å²) in [6.45, 7) is 2.17. The molecule has 4 N–H and O–H groups in total. The van der Waals surface area contributed by atoms with Gasteiger partial charge in [-0.2, -0.15) is 0 Å². The Balaban J connectivity index is 2.46. The van der Waals surface area contributed by atoms with E-state index in [-0.39, 0.29) is 0 Å². The summed E-state index contributed by atoms with van der Waals surface area (Å²) in [4.78, 5) is 0. The van der Waals surface area contributed by atoms with Crippen molar-refractivity contribution in [2.24, 2.45) is 11.5 Å². The van der Waals surface area contributed by atoms with Crippen molar-refractivity contribution in [3.63, 3.8) is 0 Å². The van der Waals surface area contributed by atoms with Gasteiger partial charge in [0, 0.05) is 35.2 Å². The van der Waals surface area contributed by atoms with E-state index in [1.165, 1.54) is 10.9 Å². The number of benzene rings is 1. The second kappa shape index (κ2) is 5.54. The van der Waals surface area contributed by atoms with Gasteiger partial charge in [0.1, 0.15) is 0 Å². The van der Waals surface area contributed by atoms with Crippen LogP contribution in [-0.2, 0) is 13.0 Å². The fourth-order valence-electron chi connectivity index (χ4n) is 2.16. The Labute approximate surface area is 106 Å². The number of rotatable bonds is 5. The zero-order valence-corrected chi connectivity index (χ0v) is 10.6. The molecule has 0 aliphatic rings. The van der Waals surface area contributed by atoms with Crippen LogP contribution in [0, 0.1) is 0 Å². The Hall–Kier alpha value is -1.03. The Bertz CT molecular complexity index is 505. The van der Waals surface area contributed by atoms with Crippen molar-refractivity contribution in [2.75, 3.05) is 13.1 Å². The van der Waals surface area contributed by atoms with Gasteiger partial charge in [0.2, 0.25) is 0 Å². The zero-order valence-electron chi connectivity index (χ0n) is 9.82. The first kappa shape index (κ1) is 12.4. The third kappa shape index (κ3) is 2.63. The van der Waals surface area contributed by atoms with E-state index in [4.69, 9.17) is 23.1 Å². The molecule has 0 radical (unpaired) electrons. The van der Waals surface area contributed by atoms with Gasteiger partial charge < -0.3 is 16.0 Å². The van der Waals surface area contributed by atoms with Crippen LogP contribution in [0.15, 0.2) is 24.4 Å². The van der Waals surface area contributed by atoms with Crippen molar-refractivity contribution in [3.05, 3.63) is 35.0 Å². The molecule has 0 saturated heterocycles. The monoisotopic (exact) mass is 251 g/mol. The van der Waals surface area contributed by atoms with Gasteiger partial charge in [0.25, 0.3) is 0 Å². The van der Waals surface area contributed by atoms with E-state index in [9.17, 15) is 0 Å². The van der Waals surface area contributed by atoms with Gasteiger partial charge in [-0.1, -0.05) is 17.7 Å². The maximum atomic E-state index is 6.04. The van der Waals surface area contributed by atoms with E-state index in [2.05, 4.69) is 16.8 Å². The molecule has 0 aliphatic carbocycles. The van der Waals surface area contributed by atoms with Crippen LogP contribution in [0.25, 0.3) is 10.9 Å². The summed E-state index contributed by atoms with van der Waals surface area (Å²) in [6.07, 6.45) is 4.18. The lowest BCUT2D eigenvalue weighted by molar-refractivity contribution is 0.729. The van der Waals surface area contributed by atoms with E-state index >= 15 is 0 Å². The molecule has 0 bridgehead atoms. The highest BCUT2D eigenvalue weighted by molar-refractivity contribution is 6.31. The van der Waals surface area contributed by atoms with Gasteiger partial charge in [0.15, 0.2) is 0 Å². The van der Waals surface area contributed by atoms with Crippen LogP contribution in [0.4, 0.5) is 0 Å². The van der Waals surface area contributed by atoms with Crippen molar-refractivity contribution in [3.8, 4) is 0 Å². The zero-order chi connectivity index (χ0) is 12.3. The van der Waals surface area contributed by atoms with E-state index in [0.29, 0.717) is 6.54 Å². The van der Waals surface area contributed by atoms with Crippen LogP contribution in [-0.4, -0.2) is 17.7 Å². The smallest absolute Gasteiger partial charge is 0.0498 e. The number of nitrogens with zero attached hydrogens (tertiary/aromatic N) is 1. The summed E-state index contributed by atoms with van der Waals surface area (Å²) < 4.78 is 2.17. The van der Waals surface area contributed by atoms with Gasteiger partial charge in [-0.3, -0.25) is 0 Å². The second-order valence-corrected chi connectivity index (χ2v) is 4.63. The molecule has 4 heteroatoms. The first-order valence-corrected chi connectivity index (χ1v) is 6.31. The SMILES string of the molecule is NCCCc1cn(CCN)c2cc(Cl)ccc12. The van der Waals surface area contributed by atoms with E-state index < -0.39 is 0 Å². The summed E-state index contributed by atoms with van der Waals surface area (Å²) in [7, 11) is 0. The molecule has 0 saturated carbocycles. The van der Waals surface area contributed by atoms with Crippen LogP contribution in [0.5, 0.6) is 0 Å². The van der Waals surface area contributed by atoms with Crippen molar-refractivity contribution >= 4 is 22.5 Å². The topological polar surface area (TPSA) is 57.0 Å². The lowest BCUT2D eigenvalue weighted by Gasteiger charge is -2.02. The Morgan fingerprint density at radius 2 is 2.00 bits per heavy atom. The lowest BCUT2D eigenvalue weighted by Crippen LogP contribution is -2.08. The van der Waals surface area contributed by atoms with Crippen molar-refractivity contribution in [2.45, 2.75) is 19.4 Å². The van der Waals surface area contributed by atoms with E-state index in [1.54, 1.807) is 0 Å². The average molecular weight is 252 g/mol. The molecule has 2 aromatic rings. The molecule has 3 nitrogen and oxygen atoms in total. The second-order valence-electron chi connectivity index (χ2n) is 4.19. The predicted octanol–water partition coefficient (Wildman–Crippen LogP) is 2.14. The maximum absolute atomic E-state index is 6.04. The van der Waals surface area contributed by atoms with Crippen LogP contribution >= 0.6 is 11.6 Å². The van der Waals surface area contributed by atoms with Gasteiger partial charge in [0.05, 0.1) is 0 Å². The summed E-state index contributed by atoms with van der Waals surface area (Å²) in [6, 6.07) is 6.01. The molecule has 1 aromatic heterocycles. The molecule has 1 aromatic carbocycles. The molecule has 0 amide bonds. The molecule has 2 rings (SSSR count). The molecule has 17 heavy (non-hydrogen) atoms. The Morgan fingerprint density at radius 3 is 2.71 bits per heavy atom. The van der Waals surface area contributed by atoms with Crippen molar-refractivity contribution < 1.29 is 0 Å². The summed E-state index contributed by atoms with van der Waals surface area (Å²) in [5.74, 6) is 0. The Morgan fingerprint density at radius 1 is 1.18 bits per heavy atom. The summed E-state index contributed by atoms with van der Waals surface area (Å²) in [5, 5.41) is 2.02. The van der Waals surface area contributed by atoms with Crippen molar-refractivity contribution in [1.82, 2.24) is 4.57 Å². The first-order chi connectivity index (χ1) is 8.26. The van der Waals surface area contributed by atoms with Crippen LogP contribution in [0.2, 0.25) is 5.02 Å². The predicted molar refractivity (Wildman–Crippen MR) is 73.4 cm³/mol. The first-order valence-electron chi connectivity index (χ1n) is 5.93. The molecule has 0 spiro atoms. The van der Waals surface area contributed by atoms with E-state index in [1.807, 2.05) is 12.1 Å². The molecule has 92 valence electrons. The third-order valence-corrected chi connectivity index (χ3v) is 3.18. The van der Waals surface area contributed by atoms with Gasteiger partial charge in [-0.25, -0.2) is 0 Å². The highest BCUT2D eigenvalue weighted by Crippen LogP contribution is 2.25. The molecule has 0 unspecified atom stereocenters. The minimum absolute atomic E-state index is 0.632. The number of hydrogen-bond acceptors (Lipinski definition) is 2. The minimum Gasteiger partial charge on any atom is -0.346 e.